The fraction of sp³-hybridized carbons (Fsp3) is 0.154. The molecular weight excluding hydrogens is 426 g/mol. The van der Waals surface area contributed by atoms with E-state index >= 15 is 0 Å². The van der Waals surface area contributed by atoms with Crippen LogP contribution in [0.1, 0.15) is 42.4 Å². The molecule has 8 nitrogen and oxygen atoms in total. The Labute approximate surface area is 196 Å². The van der Waals surface area contributed by atoms with Crippen molar-refractivity contribution in [2.24, 2.45) is 0 Å². The van der Waals surface area contributed by atoms with E-state index in [1.54, 1.807) is 12.3 Å². The molecule has 0 atom stereocenters. The molecule has 0 bridgehead atoms. The lowest BCUT2D eigenvalue weighted by atomic mass is 9.92. The summed E-state index contributed by atoms with van der Waals surface area (Å²) in [6.45, 7) is 6.35. The van der Waals surface area contributed by atoms with Gasteiger partial charge in [0, 0.05) is 51.8 Å². The minimum atomic E-state index is -0.0291. The maximum absolute atomic E-state index is 13.0. The second-order valence-corrected chi connectivity index (χ2v) is 9.09. The van der Waals surface area contributed by atoms with Crippen LogP contribution in [0.5, 0.6) is 0 Å². The van der Waals surface area contributed by atoms with E-state index in [1.165, 1.54) is 0 Å². The Hall–Kier alpha value is -4.46. The zero-order valence-corrected chi connectivity index (χ0v) is 19.2. The number of benzene rings is 2. The fourth-order valence-electron chi connectivity index (χ4n) is 3.66. The van der Waals surface area contributed by atoms with Gasteiger partial charge in [-0.1, -0.05) is 32.9 Å². The first-order valence-corrected chi connectivity index (χ1v) is 11.0. The molecule has 0 aliphatic carbocycles. The number of ketones is 1. The van der Waals surface area contributed by atoms with Crippen LogP contribution >= 0.6 is 0 Å². The monoisotopic (exact) mass is 451 g/mol. The number of nitrogens with one attached hydrogen (secondary N) is 4. The molecule has 34 heavy (non-hydrogen) atoms. The second kappa shape index (κ2) is 8.47. The van der Waals surface area contributed by atoms with Gasteiger partial charge in [-0.3, -0.25) is 9.89 Å². The highest BCUT2D eigenvalue weighted by Gasteiger charge is 2.17. The van der Waals surface area contributed by atoms with Crippen molar-refractivity contribution in [2.75, 3.05) is 10.6 Å². The van der Waals surface area contributed by atoms with Crippen LogP contribution in [0.2, 0.25) is 0 Å². The van der Waals surface area contributed by atoms with Crippen LogP contribution in [0.15, 0.2) is 73.1 Å². The largest absolute Gasteiger partial charge is 0.361 e. The van der Waals surface area contributed by atoms with Gasteiger partial charge >= 0.3 is 0 Å². The molecule has 2 aromatic carbocycles. The first-order valence-electron chi connectivity index (χ1n) is 11.0. The molecule has 4 N–H and O–H groups in total. The average Bonchev–Trinajstić information content (AvgIpc) is 3.49. The van der Waals surface area contributed by atoms with Gasteiger partial charge in [-0.25, -0.2) is 4.98 Å². The number of rotatable bonds is 6. The van der Waals surface area contributed by atoms with E-state index in [4.69, 9.17) is 0 Å². The van der Waals surface area contributed by atoms with Gasteiger partial charge < -0.3 is 15.6 Å². The van der Waals surface area contributed by atoms with E-state index in [-0.39, 0.29) is 11.2 Å². The Morgan fingerprint density at radius 1 is 0.941 bits per heavy atom. The summed E-state index contributed by atoms with van der Waals surface area (Å²) in [6, 6.07) is 18.7. The minimum absolute atomic E-state index is 0.0262. The molecule has 8 heteroatoms. The van der Waals surface area contributed by atoms with Crippen molar-refractivity contribution in [1.82, 2.24) is 25.1 Å². The molecule has 0 fully saturated rings. The SMILES string of the molecule is CC(C)(C)c1cc(Nc2nccc(Nc3ccc(C(=O)c4cccc5cc[nH]c45)cc3)n2)n[nH]1. The Balaban J connectivity index is 1.29. The van der Waals surface area contributed by atoms with Gasteiger partial charge in [-0.05, 0) is 42.5 Å². The highest BCUT2D eigenvalue weighted by molar-refractivity contribution is 6.15. The molecule has 3 heterocycles. The molecule has 0 aliphatic rings. The Kier molecular flexibility index (Phi) is 5.33. The summed E-state index contributed by atoms with van der Waals surface area (Å²) >= 11 is 0. The number of aromatic amines is 2. The number of carbonyl (C=O) groups excluding carboxylic acids is 1. The molecule has 5 rings (SSSR count). The predicted molar refractivity (Wildman–Crippen MR) is 134 cm³/mol. The maximum Gasteiger partial charge on any atom is 0.230 e. The molecule has 0 radical (unpaired) electrons. The number of para-hydroxylation sites is 1. The van der Waals surface area contributed by atoms with Crippen molar-refractivity contribution in [3.63, 3.8) is 0 Å². The molecule has 0 spiro atoms. The molecule has 0 amide bonds. The van der Waals surface area contributed by atoms with Crippen LogP contribution in [0.25, 0.3) is 10.9 Å². The number of aromatic nitrogens is 5. The first kappa shape index (κ1) is 21.4. The third-order valence-electron chi connectivity index (χ3n) is 5.53. The van der Waals surface area contributed by atoms with E-state index in [0.29, 0.717) is 28.7 Å². The molecule has 3 aromatic heterocycles. The maximum atomic E-state index is 13.0. The van der Waals surface area contributed by atoms with Crippen molar-refractivity contribution in [3.05, 3.63) is 89.9 Å². The van der Waals surface area contributed by atoms with Crippen LogP contribution in [0, 0.1) is 0 Å². The van der Waals surface area contributed by atoms with E-state index in [9.17, 15) is 4.79 Å². The number of nitrogens with zero attached hydrogens (tertiary/aromatic N) is 3. The van der Waals surface area contributed by atoms with Crippen molar-refractivity contribution >= 4 is 40.0 Å². The van der Waals surface area contributed by atoms with Crippen molar-refractivity contribution in [2.45, 2.75) is 26.2 Å². The number of hydrogen-bond acceptors (Lipinski definition) is 6. The van der Waals surface area contributed by atoms with Crippen LogP contribution in [-0.2, 0) is 5.41 Å². The lowest BCUT2D eigenvalue weighted by Crippen LogP contribution is -2.11. The summed E-state index contributed by atoms with van der Waals surface area (Å²) in [5.74, 6) is 1.69. The molecule has 5 aromatic rings. The van der Waals surface area contributed by atoms with Crippen LogP contribution < -0.4 is 10.6 Å². The minimum Gasteiger partial charge on any atom is -0.361 e. The van der Waals surface area contributed by atoms with Gasteiger partial charge in [0.05, 0.1) is 5.52 Å². The third-order valence-corrected chi connectivity index (χ3v) is 5.53. The summed E-state index contributed by atoms with van der Waals surface area (Å²) in [6.07, 6.45) is 3.51. The fourth-order valence-corrected chi connectivity index (χ4v) is 3.66. The summed E-state index contributed by atoms with van der Waals surface area (Å²) in [7, 11) is 0. The zero-order valence-electron chi connectivity index (χ0n) is 19.2. The highest BCUT2D eigenvalue weighted by atomic mass is 16.1. The number of hydrogen-bond donors (Lipinski definition) is 4. The van der Waals surface area contributed by atoms with E-state index < -0.39 is 0 Å². The van der Waals surface area contributed by atoms with E-state index in [2.05, 4.69) is 56.6 Å². The molecule has 0 unspecified atom stereocenters. The topological polar surface area (TPSA) is 111 Å². The number of carbonyl (C=O) groups is 1. The summed E-state index contributed by atoms with van der Waals surface area (Å²) in [5, 5.41) is 14.7. The summed E-state index contributed by atoms with van der Waals surface area (Å²) < 4.78 is 0. The highest BCUT2D eigenvalue weighted by Crippen LogP contribution is 2.24. The van der Waals surface area contributed by atoms with E-state index in [0.717, 1.165) is 22.3 Å². The van der Waals surface area contributed by atoms with Crippen molar-refractivity contribution in [1.29, 1.82) is 0 Å². The number of anilines is 4. The summed E-state index contributed by atoms with van der Waals surface area (Å²) in [4.78, 5) is 25.0. The van der Waals surface area contributed by atoms with Crippen LogP contribution in [0.3, 0.4) is 0 Å². The second-order valence-electron chi connectivity index (χ2n) is 9.09. The molecule has 0 saturated heterocycles. The van der Waals surface area contributed by atoms with Gasteiger partial charge in [0.25, 0.3) is 0 Å². The van der Waals surface area contributed by atoms with Gasteiger partial charge in [0.2, 0.25) is 5.95 Å². The molecule has 170 valence electrons. The zero-order chi connectivity index (χ0) is 23.7. The van der Waals surface area contributed by atoms with Crippen molar-refractivity contribution < 1.29 is 4.79 Å². The lowest BCUT2D eigenvalue weighted by Gasteiger charge is -2.14. The molecular formula is C26H25N7O. The molecule has 0 aliphatic heterocycles. The lowest BCUT2D eigenvalue weighted by molar-refractivity contribution is 0.104. The predicted octanol–water partition coefficient (Wildman–Crippen LogP) is 5.70. The quantitative estimate of drug-likeness (QED) is 0.247. The Bertz CT molecular complexity index is 1460. The Morgan fingerprint density at radius 3 is 2.53 bits per heavy atom. The third kappa shape index (κ3) is 4.38. The van der Waals surface area contributed by atoms with Gasteiger partial charge in [0.1, 0.15) is 5.82 Å². The van der Waals surface area contributed by atoms with Crippen molar-refractivity contribution in [3.8, 4) is 0 Å². The van der Waals surface area contributed by atoms with Crippen LogP contribution in [0.4, 0.5) is 23.3 Å². The smallest absolute Gasteiger partial charge is 0.230 e. The normalized spacial score (nSPS) is 11.5. The standard InChI is InChI=1S/C26H25N7O/c1-26(2,3)20-15-22(33-32-20)31-25-28-14-12-21(30-25)29-18-9-7-17(8-10-18)24(34)19-6-4-5-16-11-13-27-23(16)19/h4-15,27H,1-3H3,(H3,28,29,30,31,32,33). The van der Waals surface area contributed by atoms with Gasteiger partial charge in [-0.15, -0.1) is 0 Å². The van der Waals surface area contributed by atoms with Crippen LogP contribution in [-0.4, -0.2) is 30.9 Å². The summed E-state index contributed by atoms with van der Waals surface area (Å²) in [5.41, 5.74) is 3.93. The average molecular weight is 452 g/mol. The molecule has 0 saturated carbocycles. The first-order chi connectivity index (χ1) is 16.4. The number of H-pyrrole nitrogens is 2. The number of fused-ring (bicyclic) bond motifs is 1. The van der Waals surface area contributed by atoms with Gasteiger partial charge in [0.15, 0.2) is 11.6 Å². The van der Waals surface area contributed by atoms with Gasteiger partial charge in [-0.2, -0.15) is 10.1 Å². The van der Waals surface area contributed by atoms with E-state index in [1.807, 2.05) is 60.8 Å². The Morgan fingerprint density at radius 2 is 1.76 bits per heavy atom.